The number of carboxylic acids is 1. The van der Waals surface area contributed by atoms with E-state index in [1.165, 1.54) is 19.2 Å². The third-order valence-corrected chi connectivity index (χ3v) is 6.67. The smallest absolute Gasteiger partial charge is 0.305 e. The van der Waals surface area contributed by atoms with Gasteiger partial charge in [0.25, 0.3) is 5.69 Å². The highest BCUT2D eigenvalue weighted by molar-refractivity contribution is 9.10. The van der Waals surface area contributed by atoms with E-state index in [0.29, 0.717) is 29.8 Å². The Labute approximate surface area is 231 Å². The maximum atomic E-state index is 12.8. The van der Waals surface area contributed by atoms with Crippen LogP contribution in [0.2, 0.25) is 0 Å². The normalized spacial score (nSPS) is 15.2. The molecule has 1 aliphatic rings. The van der Waals surface area contributed by atoms with Crippen LogP contribution in [0, 0.1) is 26.0 Å². The number of piperazine rings is 1. The van der Waals surface area contributed by atoms with Gasteiger partial charge in [-0.25, -0.2) is 0 Å². The number of halogens is 2. The molecule has 1 heterocycles. The maximum Gasteiger partial charge on any atom is 0.305 e. The average Bonchev–Trinajstić information content (AvgIpc) is 2.89. The third kappa shape index (κ3) is 7.94. The second kappa shape index (κ2) is 13.6. The van der Waals surface area contributed by atoms with Gasteiger partial charge in [-0.3, -0.25) is 29.9 Å². The largest absolute Gasteiger partial charge is 0.497 e. The van der Waals surface area contributed by atoms with E-state index >= 15 is 0 Å². The number of aliphatic carboxylic acids is 1. The molecule has 206 valence electrons. The molecule has 11 nitrogen and oxygen atoms in total. The molecule has 4 rings (SSSR count). The molecule has 0 saturated carbocycles. The highest BCUT2D eigenvalue weighted by atomic mass is 79.9. The minimum absolute atomic E-state index is 0.0173. The standard InChI is InChI=1S/C19H20BrN3O4.C7H6FNO3/c20-16-7-4-8-17(23(26)27)19(16)22-10-9-21(13-15(22)11-18(24)25)12-14-5-2-1-3-6-14;1-12-5-2-3-7(9(10)11)6(8)4-5/h1-8,15H,9-13H2,(H,24,25);2-4H,1H3. The van der Waals surface area contributed by atoms with Crippen molar-refractivity contribution in [2.24, 2.45) is 0 Å². The summed E-state index contributed by atoms with van der Waals surface area (Å²) in [5.74, 6) is -1.54. The van der Waals surface area contributed by atoms with Crippen LogP contribution in [0.3, 0.4) is 0 Å². The van der Waals surface area contributed by atoms with Gasteiger partial charge in [-0.15, -0.1) is 0 Å². The fourth-order valence-corrected chi connectivity index (χ4v) is 4.86. The summed E-state index contributed by atoms with van der Waals surface area (Å²) in [6, 6.07) is 17.8. The zero-order valence-electron chi connectivity index (χ0n) is 20.9. The van der Waals surface area contributed by atoms with Gasteiger partial charge < -0.3 is 14.7 Å². The first-order valence-corrected chi connectivity index (χ1v) is 12.6. The minimum Gasteiger partial charge on any atom is -0.497 e. The summed E-state index contributed by atoms with van der Waals surface area (Å²) in [5, 5.41) is 31.0. The molecule has 1 saturated heterocycles. The second-order valence-electron chi connectivity index (χ2n) is 8.60. The number of para-hydroxylation sites is 1. The quantitative estimate of drug-likeness (QED) is 0.269. The zero-order chi connectivity index (χ0) is 28.5. The van der Waals surface area contributed by atoms with Crippen LogP contribution in [0.25, 0.3) is 0 Å². The number of nitro benzene ring substituents is 2. The lowest BCUT2D eigenvalue weighted by atomic mass is 10.1. The van der Waals surface area contributed by atoms with Crippen molar-refractivity contribution in [3.63, 3.8) is 0 Å². The number of anilines is 1. The van der Waals surface area contributed by atoms with Crippen LogP contribution in [0.1, 0.15) is 12.0 Å². The average molecular weight is 605 g/mol. The summed E-state index contributed by atoms with van der Waals surface area (Å²) in [5.41, 5.74) is 1.05. The molecule has 0 aliphatic carbocycles. The van der Waals surface area contributed by atoms with Crippen molar-refractivity contribution in [1.29, 1.82) is 0 Å². The van der Waals surface area contributed by atoms with Crippen LogP contribution in [-0.2, 0) is 11.3 Å². The number of hydrogen-bond donors (Lipinski definition) is 1. The molecule has 13 heteroatoms. The number of nitrogens with zero attached hydrogens (tertiary/aromatic N) is 4. The second-order valence-corrected chi connectivity index (χ2v) is 9.46. The molecule has 39 heavy (non-hydrogen) atoms. The van der Waals surface area contributed by atoms with Crippen LogP contribution in [0.5, 0.6) is 5.75 Å². The Morgan fingerprint density at radius 1 is 1.05 bits per heavy atom. The van der Waals surface area contributed by atoms with Crippen LogP contribution in [0.15, 0.2) is 71.2 Å². The monoisotopic (exact) mass is 604 g/mol. The molecule has 0 radical (unpaired) electrons. The number of carboxylic acid groups (broad SMARTS) is 1. The Bertz CT molecular complexity index is 1330. The summed E-state index contributed by atoms with van der Waals surface area (Å²) in [7, 11) is 1.36. The number of ether oxygens (including phenoxy) is 1. The molecule has 1 atom stereocenters. The first-order valence-electron chi connectivity index (χ1n) is 11.8. The number of hydrogen-bond acceptors (Lipinski definition) is 8. The summed E-state index contributed by atoms with van der Waals surface area (Å²) in [6.07, 6.45) is -0.0796. The van der Waals surface area contributed by atoms with E-state index in [0.717, 1.165) is 24.2 Å². The summed E-state index contributed by atoms with van der Waals surface area (Å²) in [6.45, 7) is 2.47. The van der Waals surface area contributed by atoms with Gasteiger partial charge in [-0.2, -0.15) is 4.39 Å². The van der Waals surface area contributed by atoms with Gasteiger partial charge in [0.15, 0.2) is 0 Å². The van der Waals surface area contributed by atoms with Crippen LogP contribution in [-0.4, -0.2) is 58.6 Å². The van der Waals surface area contributed by atoms with Crippen molar-refractivity contribution < 1.29 is 28.9 Å². The topological polar surface area (TPSA) is 139 Å². The number of methoxy groups -OCH3 is 1. The van der Waals surface area contributed by atoms with Crippen molar-refractivity contribution in [1.82, 2.24) is 4.90 Å². The first-order chi connectivity index (χ1) is 18.6. The van der Waals surface area contributed by atoms with Gasteiger partial charge in [0.2, 0.25) is 5.82 Å². The zero-order valence-corrected chi connectivity index (χ0v) is 22.5. The molecule has 0 spiro atoms. The van der Waals surface area contributed by atoms with Crippen LogP contribution >= 0.6 is 15.9 Å². The van der Waals surface area contributed by atoms with E-state index in [9.17, 15) is 34.5 Å². The highest BCUT2D eigenvalue weighted by Crippen LogP contribution is 2.38. The lowest BCUT2D eigenvalue weighted by Gasteiger charge is -2.42. The first kappa shape index (κ1) is 29.5. The molecular formula is C26H26BrFN4O7. The number of nitro groups is 2. The molecule has 3 aromatic rings. The van der Waals surface area contributed by atoms with Crippen molar-refractivity contribution in [3.8, 4) is 5.75 Å². The number of rotatable bonds is 8. The molecule has 0 aromatic heterocycles. The van der Waals surface area contributed by atoms with Gasteiger partial charge in [-0.05, 0) is 33.6 Å². The van der Waals surface area contributed by atoms with E-state index in [4.69, 9.17) is 0 Å². The lowest BCUT2D eigenvalue weighted by molar-refractivity contribution is -0.387. The van der Waals surface area contributed by atoms with Gasteiger partial charge in [-0.1, -0.05) is 36.4 Å². The van der Waals surface area contributed by atoms with Crippen molar-refractivity contribution in [2.45, 2.75) is 19.0 Å². The Kier molecular flexibility index (Phi) is 10.3. The summed E-state index contributed by atoms with van der Waals surface area (Å²) >= 11 is 3.41. The van der Waals surface area contributed by atoms with E-state index in [1.54, 1.807) is 12.1 Å². The number of carbonyl (C=O) groups is 1. The van der Waals surface area contributed by atoms with Gasteiger partial charge in [0, 0.05) is 48.9 Å². The fraction of sp³-hybridized carbons (Fsp3) is 0.269. The van der Waals surface area contributed by atoms with E-state index in [2.05, 4.69) is 25.6 Å². The molecule has 1 fully saturated rings. The maximum absolute atomic E-state index is 12.8. The fourth-order valence-electron chi connectivity index (χ4n) is 4.27. The predicted octanol–water partition coefficient (Wildman–Crippen LogP) is 5.27. The molecule has 1 N–H and O–H groups in total. The van der Waals surface area contributed by atoms with E-state index in [-0.39, 0.29) is 23.9 Å². The Morgan fingerprint density at radius 2 is 1.74 bits per heavy atom. The molecule has 1 unspecified atom stereocenters. The van der Waals surface area contributed by atoms with Crippen molar-refractivity contribution in [2.75, 3.05) is 31.6 Å². The third-order valence-electron chi connectivity index (χ3n) is 6.03. The Hall–Kier alpha value is -4.10. The van der Waals surface area contributed by atoms with Gasteiger partial charge >= 0.3 is 11.7 Å². The summed E-state index contributed by atoms with van der Waals surface area (Å²) < 4.78 is 18.0. The SMILES string of the molecule is COc1ccc([N+](=O)[O-])c(F)c1.O=C(O)CC1CN(Cc2ccccc2)CCN1c1c(Br)cccc1[N+](=O)[O-]. The molecule has 3 aromatic carbocycles. The molecule has 0 amide bonds. The van der Waals surface area contributed by atoms with E-state index < -0.39 is 27.3 Å². The number of benzene rings is 3. The predicted molar refractivity (Wildman–Crippen MR) is 146 cm³/mol. The molecule has 1 aliphatic heterocycles. The van der Waals surface area contributed by atoms with Crippen LogP contribution in [0.4, 0.5) is 21.5 Å². The van der Waals surface area contributed by atoms with Gasteiger partial charge in [0.1, 0.15) is 11.4 Å². The van der Waals surface area contributed by atoms with E-state index in [1.807, 2.05) is 35.2 Å². The lowest BCUT2D eigenvalue weighted by Crippen LogP contribution is -2.54. The molecular weight excluding hydrogens is 579 g/mol. The summed E-state index contributed by atoms with van der Waals surface area (Å²) in [4.78, 5) is 35.9. The highest BCUT2D eigenvalue weighted by Gasteiger charge is 2.33. The Morgan fingerprint density at radius 3 is 2.33 bits per heavy atom. The van der Waals surface area contributed by atoms with Gasteiger partial charge in [0.05, 0.1) is 29.4 Å². The van der Waals surface area contributed by atoms with Crippen molar-refractivity contribution >= 4 is 39.0 Å². The minimum atomic E-state index is -0.915. The van der Waals surface area contributed by atoms with Crippen molar-refractivity contribution in [3.05, 3.63) is 103 Å². The van der Waals surface area contributed by atoms with Crippen LogP contribution < -0.4 is 9.64 Å². The Balaban J connectivity index is 0.000000293. The molecule has 0 bridgehead atoms.